The summed E-state index contributed by atoms with van der Waals surface area (Å²) in [7, 11) is 0. The molecule has 4 saturated carbocycles. The summed E-state index contributed by atoms with van der Waals surface area (Å²) in [6.45, 7) is 0.630. The Morgan fingerprint density at radius 2 is 1.32 bits per heavy atom. The van der Waals surface area contributed by atoms with Crippen molar-refractivity contribution in [3.63, 3.8) is 0 Å². The van der Waals surface area contributed by atoms with Gasteiger partial charge in [-0.15, -0.1) is 0 Å². The average Bonchev–Trinajstić information content (AvgIpc) is 3.04. The molecule has 0 saturated heterocycles. The first kappa shape index (κ1) is 38.4. The first-order valence-electron chi connectivity index (χ1n) is 17.8. The van der Waals surface area contributed by atoms with Gasteiger partial charge in [-0.05, 0) is 112 Å². The smallest absolute Gasteiger partial charge is 0.405 e. The number of nitrogens with two attached hydrogens (primary N) is 5. The molecule has 4 aliphatic rings. The third-order valence-electron chi connectivity index (χ3n) is 10.4. The number of ether oxygens (including phenoxy) is 1. The molecule has 1 aromatic rings. The quantitative estimate of drug-likeness (QED) is 0.0532. The summed E-state index contributed by atoms with van der Waals surface area (Å²) in [6.07, 6.45) is 6.53. The minimum atomic E-state index is -1.32. The minimum absolute atomic E-state index is 0.0215. The summed E-state index contributed by atoms with van der Waals surface area (Å²) in [6, 6.07) is 5.86. The molecule has 1 aromatic carbocycles. The van der Waals surface area contributed by atoms with Gasteiger partial charge in [0.05, 0.1) is 0 Å². The molecule has 5 amide bonds. The Labute approximate surface area is 293 Å². The van der Waals surface area contributed by atoms with Gasteiger partial charge in [0.15, 0.2) is 12.1 Å². The van der Waals surface area contributed by atoms with Gasteiger partial charge in [0.1, 0.15) is 18.1 Å². The van der Waals surface area contributed by atoms with E-state index in [9.17, 15) is 24.0 Å². The molecule has 0 radical (unpaired) electrons. The van der Waals surface area contributed by atoms with Gasteiger partial charge in [0, 0.05) is 13.0 Å². The van der Waals surface area contributed by atoms with Crippen molar-refractivity contribution >= 4 is 35.7 Å². The van der Waals surface area contributed by atoms with Crippen LogP contribution >= 0.6 is 0 Å². The van der Waals surface area contributed by atoms with Crippen LogP contribution in [0.4, 0.5) is 4.79 Å². The van der Waals surface area contributed by atoms with Gasteiger partial charge in [-0.25, -0.2) is 4.79 Å². The van der Waals surface area contributed by atoms with Gasteiger partial charge in [-0.2, -0.15) is 0 Å². The first-order chi connectivity index (χ1) is 23.9. The molecule has 15 nitrogen and oxygen atoms in total. The highest BCUT2D eigenvalue weighted by atomic mass is 16.6. The Morgan fingerprint density at radius 1 is 0.760 bits per heavy atom. The number of rotatable bonds is 20. The van der Waals surface area contributed by atoms with E-state index in [1.54, 1.807) is 24.3 Å². The van der Waals surface area contributed by atoms with Crippen LogP contribution in [0.2, 0.25) is 0 Å². The van der Waals surface area contributed by atoms with Crippen molar-refractivity contribution in [2.75, 3.05) is 13.1 Å². The summed E-state index contributed by atoms with van der Waals surface area (Å²) in [5.74, 6) is -0.821. The topological polar surface area (TPSA) is 273 Å². The molecule has 0 spiro atoms. The highest BCUT2D eigenvalue weighted by Gasteiger charge is 2.52. The number of amides is 5. The Morgan fingerprint density at radius 3 is 1.88 bits per heavy atom. The molecule has 1 unspecified atom stereocenters. The number of benzene rings is 1. The molecule has 4 aliphatic carbocycles. The van der Waals surface area contributed by atoms with Gasteiger partial charge in [-0.1, -0.05) is 30.3 Å². The van der Waals surface area contributed by atoms with Crippen LogP contribution in [-0.4, -0.2) is 73.0 Å². The molecular formula is C35H55N9O6. The minimum Gasteiger partial charge on any atom is -0.436 e. The van der Waals surface area contributed by atoms with Crippen LogP contribution in [0.25, 0.3) is 0 Å². The number of carbonyl (C=O) groups is 5. The van der Waals surface area contributed by atoms with Crippen molar-refractivity contribution in [1.82, 2.24) is 16.0 Å². The van der Waals surface area contributed by atoms with Crippen molar-refractivity contribution in [2.24, 2.45) is 56.8 Å². The highest BCUT2D eigenvalue weighted by Crippen LogP contribution is 2.61. The SMILES string of the molecule is NCCCCC(NC(=O)[C@H](CC12CC3CC(CC(C3)C1)C2)NC(=O)[C@@H](CCCN=C(N)N)NC(=O)[C@H](Cc1ccccc1)OC(N)=O)C(N)=O. The van der Waals surface area contributed by atoms with E-state index < -0.39 is 54.0 Å². The van der Waals surface area contributed by atoms with Gasteiger partial charge < -0.3 is 49.4 Å². The average molecular weight is 698 g/mol. The van der Waals surface area contributed by atoms with Crippen LogP contribution in [0.3, 0.4) is 0 Å². The number of unbranched alkanes of at least 4 members (excludes halogenated alkanes) is 1. The fraction of sp³-hybridized carbons (Fsp3) is 0.657. The third-order valence-corrected chi connectivity index (χ3v) is 10.4. The molecule has 0 heterocycles. The maximum absolute atomic E-state index is 14.1. The molecule has 13 N–H and O–H groups in total. The molecule has 15 heteroatoms. The number of nitrogens with zero attached hydrogens (tertiary/aromatic N) is 1. The molecule has 50 heavy (non-hydrogen) atoms. The molecule has 276 valence electrons. The second kappa shape index (κ2) is 18.0. The molecule has 4 atom stereocenters. The normalized spacial score (nSPS) is 24.2. The van der Waals surface area contributed by atoms with E-state index in [1.165, 1.54) is 19.3 Å². The van der Waals surface area contributed by atoms with E-state index in [1.807, 2.05) is 6.07 Å². The van der Waals surface area contributed by atoms with Gasteiger partial charge >= 0.3 is 6.09 Å². The van der Waals surface area contributed by atoms with E-state index >= 15 is 0 Å². The van der Waals surface area contributed by atoms with E-state index in [0.29, 0.717) is 62.0 Å². The zero-order valence-corrected chi connectivity index (χ0v) is 28.8. The maximum Gasteiger partial charge on any atom is 0.405 e. The summed E-state index contributed by atoms with van der Waals surface area (Å²) in [4.78, 5) is 69.8. The van der Waals surface area contributed by atoms with E-state index in [-0.39, 0.29) is 30.8 Å². The molecular weight excluding hydrogens is 642 g/mol. The van der Waals surface area contributed by atoms with Crippen molar-refractivity contribution in [3.8, 4) is 0 Å². The zero-order valence-electron chi connectivity index (χ0n) is 28.8. The lowest BCUT2D eigenvalue weighted by atomic mass is 9.48. The Balaban J connectivity index is 1.56. The van der Waals surface area contributed by atoms with Crippen LogP contribution < -0.4 is 44.6 Å². The fourth-order valence-electron chi connectivity index (χ4n) is 8.70. The van der Waals surface area contributed by atoms with Crippen LogP contribution in [0, 0.1) is 23.2 Å². The lowest BCUT2D eigenvalue weighted by molar-refractivity contribution is -0.137. The number of nitrogens with one attached hydrogen (secondary N) is 3. The molecule has 4 fully saturated rings. The number of hydrogen-bond acceptors (Lipinski definition) is 8. The summed E-state index contributed by atoms with van der Waals surface area (Å²) >= 11 is 0. The van der Waals surface area contributed by atoms with Gasteiger partial charge in [0.25, 0.3) is 5.91 Å². The van der Waals surface area contributed by atoms with Crippen LogP contribution in [0.5, 0.6) is 0 Å². The lowest BCUT2D eigenvalue weighted by Crippen LogP contribution is -2.59. The lowest BCUT2D eigenvalue weighted by Gasteiger charge is -2.57. The Hall–Kier alpha value is -4.40. The van der Waals surface area contributed by atoms with Gasteiger partial charge in [-0.3, -0.25) is 24.2 Å². The second-order valence-electron chi connectivity index (χ2n) is 14.6. The molecule has 0 aliphatic heterocycles. The number of guanidine groups is 1. The summed E-state index contributed by atoms with van der Waals surface area (Å²) in [5.41, 5.74) is 28.2. The molecule has 5 rings (SSSR count). The van der Waals surface area contributed by atoms with Crippen LogP contribution in [0.1, 0.15) is 82.6 Å². The standard InChI is InChI=1S/C35H55N9O6/c36-11-5-4-9-25(29(37)45)42-31(47)27(20-35-17-22-13-23(18-35)15-24(14-22)19-35)44-30(46)26(10-6-12-41-33(38)39)43-32(48)28(50-34(40)49)16-21-7-2-1-3-8-21/h1-3,7-8,22-28H,4-6,9-20,36H2,(H2,37,45)(H2,40,49)(H,42,47)(H,43,48)(H,44,46)(H4,38,39,41)/t22?,23?,24?,25?,26-,27+,28+,35?/m1/s1. The van der Waals surface area contributed by atoms with E-state index in [0.717, 1.165) is 19.3 Å². The Bertz CT molecular complexity index is 1330. The first-order valence-corrected chi connectivity index (χ1v) is 17.8. The Kier molecular flexibility index (Phi) is 13.8. The molecule has 0 aromatic heterocycles. The second-order valence-corrected chi connectivity index (χ2v) is 14.6. The summed E-state index contributed by atoms with van der Waals surface area (Å²) in [5, 5.41) is 8.45. The van der Waals surface area contributed by atoms with E-state index in [2.05, 4.69) is 20.9 Å². The van der Waals surface area contributed by atoms with Crippen molar-refractivity contribution < 1.29 is 28.7 Å². The highest BCUT2D eigenvalue weighted by molar-refractivity contribution is 5.94. The van der Waals surface area contributed by atoms with Gasteiger partial charge in [0.2, 0.25) is 17.7 Å². The van der Waals surface area contributed by atoms with Crippen molar-refractivity contribution in [3.05, 3.63) is 35.9 Å². The monoisotopic (exact) mass is 697 g/mol. The third kappa shape index (κ3) is 11.3. The van der Waals surface area contributed by atoms with Crippen molar-refractivity contribution in [2.45, 2.75) is 108 Å². The predicted octanol–water partition coefficient (Wildman–Crippen LogP) is 0.422. The number of carbonyl (C=O) groups excluding carboxylic acids is 5. The fourth-order valence-corrected chi connectivity index (χ4v) is 8.70. The number of primary amides is 2. The van der Waals surface area contributed by atoms with Crippen LogP contribution in [-0.2, 0) is 30.3 Å². The predicted molar refractivity (Wildman–Crippen MR) is 188 cm³/mol. The summed E-state index contributed by atoms with van der Waals surface area (Å²) < 4.78 is 5.16. The maximum atomic E-state index is 14.1. The number of hydrogen-bond donors (Lipinski definition) is 8. The largest absolute Gasteiger partial charge is 0.436 e. The van der Waals surface area contributed by atoms with Crippen LogP contribution in [0.15, 0.2) is 35.3 Å². The number of aliphatic imine (C=N–C) groups is 1. The molecule has 4 bridgehead atoms. The zero-order chi connectivity index (χ0) is 36.3. The van der Waals surface area contributed by atoms with E-state index in [4.69, 9.17) is 33.4 Å². The van der Waals surface area contributed by atoms with Crippen molar-refractivity contribution in [1.29, 1.82) is 0 Å².